The van der Waals surface area contributed by atoms with Gasteiger partial charge in [-0.15, -0.1) is 0 Å². The summed E-state index contributed by atoms with van der Waals surface area (Å²) in [5.74, 6) is -0.489. The smallest absolute Gasteiger partial charge is 0.200 e. The normalized spacial score (nSPS) is 10.9. The molecule has 5 nitrogen and oxygen atoms in total. The standard InChI is InChI=1S/C20H20FN3O2/c1-4-16-19(13(3)25)12(2)22-20(16)18(26)11-24-10-9-17(23-24)14-5-7-15(21)8-6-14/h5-10,22H,4,11H2,1-3H3. The third-order valence-electron chi connectivity index (χ3n) is 4.36. The number of benzene rings is 1. The third-order valence-corrected chi connectivity index (χ3v) is 4.36. The fraction of sp³-hybridized carbons (Fsp3) is 0.250. The van der Waals surface area contributed by atoms with Crippen LogP contribution < -0.4 is 0 Å². The van der Waals surface area contributed by atoms with Crippen LogP contribution >= 0.6 is 0 Å². The van der Waals surface area contributed by atoms with Crippen molar-refractivity contribution in [3.63, 3.8) is 0 Å². The first-order chi connectivity index (χ1) is 12.4. The Balaban J connectivity index is 1.84. The number of aromatic nitrogens is 3. The van der Waals surface area contributed by atoms with E-state index in [9.17, 15) is 14.0 Å². The van der Waals surface area contributed by atoms with Crippen molar-refractivity contribution in [3.05, 3.63) is 64.9 Å². The molecule has 0 aliphatic rings. The van der Waals surface area contributed by atoms with Gasteiger partial charge < -0.3 is 4.98 Å². The van der Waals surface area contributed by atoms with Crippen molar-refractivity contribution in [1.29, 1.82) is 0 Å². The zero-order valence-electron chi connectivity index (χ0n) is 15.0. The molecule has 0 radical (unpaired) electrons. The minimum atomic E-state index is -0.307. The Labute approximate surface area is 150 Å². The minimum Gasteiger partial charge on any atom is -0.355 e. The summed E-state index contributed by atoms with van der Waals surface area (Å²) in [5.41, 5.74) is 3.98. The lowest BCUT2D eigenvalue weighted by Gasteiger charge is -2.04. The highest BCUT2D eigenvalue weighted by Gasteiger charge is 2.21. The van der Waals surface area contributed by atoms with E-state index in [1.54, 1.807) is 36.0 Å². The number of Topliss-reactive ketones (excluding diaryl/α,β-unsaturated/α-hetero) is 2. The molecule has 0 amide bonds. The second kappa shape index (κ2) is 7.07. The number of aryl methyl sites for hydroxylation is 1. The van der Waals surface area contributed by atoms with Crippen molar-refractivity contribution < 1.29 is 14.0 Å². The van der Waals surface area contributed by atoms with Crippen LogP contribution in [0.15, 0.2) is 36.5 Å². The number of ketones is 2. The Hall–Kier alpha value is -3.02. The molecule has 3 rings (SSSR count). The first-order valence-corrected chi connectivity index (χ1v) is 8.45. The molecule has 0 unspecified atom stereocenters. The van der Waals surface area contributed by atoms with E-state index in [0.717, 1.165) is 11.1 Å². The van der Waals surface area contributed by atoms with Crippen molar-refractivity contribution in [2.45, 2.75) is 33.7 Å². The van der Waals surface area contributed by atoms with Gasteiger partial charge in [0.1, 0.15) is 12.4 Å². The number of carbonyl (C=O) groups is 2. The van der Waals surface area contributed by atoms with Crippen LogP contribution in [-0.4, -0.2) is 26.3 Å². The Morgan fingerprint density at radius 1 is 1.19 bits per heavy atom. The van der Waals surface area contributed by atoms with Crippen molar-refractivity contribution in [3.8, 4) is 11.3 Å². The summed E-state index contributed by atoms with van der Waals surface area (Å²) in [6.07, 6.45) is 2.31. The second-order valence-corrected chi connectivity index (χ2v) is 6.22. The zero-order valence-corrected chi connectivity index (χ0v) is 15.0. The van der Waals surface area contributed by atoms with Gasteiger partial charge >= 0.3 is 0 Å². The highest BCUT2D eigenvalue weighted by atomic mass is 19.1. The van der Waals surface area contributed by atoms with E-state index in [4.69, 9.17) is 0 Å². The number of hydrogen-bond donors (Lipinski definition) is 1. The molecule has 0 saturated heterocycles. The largest absolute Gasteiger partial charge is 0.355 e. The maximum atomic E-state index is 13.0. The molecule has 2 heterocycles. The zero-order chi connectivity index (χ0) is 18.8. The van der Waals surface area contributed by atoms with E-state index < -0.39 is 0 Å². The average molecular weight is 353 g/mol. The van der Waals surface area contributed by atoms with Crippen molar-refractivity contribution in [1.82, 2.24) is 14.8 Å². The van der Waals surface area contributed by atoms with Crippen LogP contribution in [0, 0.1) is 12.7 Å². The van der Waals surface area contributed by atoms with Gasteiger partial charge in [-0.05, 0) is 56.2 Å². The third kappa shape index (κ3) is 3.35. The van der Waals surface area contributed by atoms with E-state index in [0.29, 0.717) is 29.1 Å². The van der Waals surface area contributed by atoms with Crippen molar-refractivity contribution >= 4 is 11.6 Å². The van der Waals surface area contributed by atoms with Crippen molar-refractivity contribution in [2.75, 3.05) is 0 Å². The summed E-state index contributed by atoms with van der Waals surface area (Å²) in [5, 5.41) is 4.39. The molecule has 2 aromatic heterocycles. The summed E-state index contributed by atoms with van der Waals surface area (Å²) in [6.45, 7) is 5.29. The molecule has 0 aliphatic carbocycles. The summed E-state index contributed by atoms with van der Waals surface area (Å²) in [4.78, 5) is 27.6. The van der Waals surface area contributed by atoms with Gasteiger partial charge in [0.2, 0.25) is 5.78 Å². The van der Waals surface area contributed by atoms with Crippen LogP contribution in [0.3, 0.4) is 0 Å². The monoisotopic (exact) mass is 353 g/mol. The molecule has 26 heavy (non-hydrogen) atoms. The van der Waals surface area contributed by atoms with Crippen LogP contribution in [0.2, 0.25) is 0 Å². The number of halogens is 1. The van der Waals surface area contributed by atoms with Crippen LogP contribution in [0.4, 0.5) is 4.39 Å². The molecule has 0 saturated carbocycles. The molecule has 1 N–H and O–H groups in total. The molecule has 0 aliphatic heterocycles. The van der Waals surface area contributed by atoms with E-state index in [-0.39, 0.29) is 23.9 Å². The van der Waals surface area contributed by atoms with Gasteiger partial charge in [0.25, 0.3) is 0 Å². The maximum Gasteiger partial charge on any atom is 0.200 e. The van der Waals surface area contributed by atoms with E-state index >= 15 is 0 Å². The fourth-order valence-corrected chi connectivity index (χ4v) is 3.20. The lowest BCUT2D eigenvalue weighted by atomic mass is 10.0. The SMILES string of the molecule is CCc1c(C(=O)Cn2ccc(-c3ccc(F)cc3)n2)[nH]c(C)c1C(C)=O. The first-order valence-electron chi connectivity index (χ1n) is 8.45. The fourth-order valence-electron chi connectivity index (χ4n) is 3.20. The topological polar surface area (TPSA) is 67.8 Å². The Morgan fingerprint density at radius 3 is 2.50 bits per heavy atom. The predicted molar refractivity (Wildman–Crippen MR) is 96.9 cm³/mol. The molecule has 0 atom stereocenters. The second-order valence-electron chi connectivity index (χ2n) is 6.22. The van der Waals surface area contributed by atoms with Gasteiger partial charge in [-0.1, -0.05) is 6.92 Å². The number of nitrogens with one attached hydrogen (secondary N) is 1. The van der Waals surface area contributed by atoms with Gasteiger partial charge in [0.05, 0.1) is 11.4 Å². The number of hydrogen-bond acceptors (Lipinski definition) is 3. The molecule has 1 aromatic carbocycles. The van der Waals surface area contributed by atoms with Gasteiger partial charge in [-0.3, -0.25) is 14.3 Å². The summed E-state index contributed by atoms with van der Waals surface area (Å²) in [7, 11) is 0. The highest BCUT2D eigenvalue weighted by Crippen LogP contribution is 2.22. The van der Waals surface area contributed by atoms with Gasteiger partial charge in [0, 0.05) is 23.0 Å². The number of carbonyl (C=O) groups excluding carboxylic acids is 2. The summed E-state index contributed by atoms with van der Waals surface area (Å²) < 4.78 is 14.6. The quantitative estimate of drug-likeness (QED) is 0.682. The van der Waals surface area contributed by atoms with Gasteiger partial charge in [-0.2, -0.15) is 5.10 Å². The first kappa shape index (κ1) is 17.8. The Kier molecular flexibility index (Phi) is 4.84. The Morgan fingerprint density at radius 2 is 1.88 bits per heavy atom. The molecule has 0 bridgehead atoms. The summed E-state index contributed by atoms with van der Waals surface area (Å²) >= 11 is 0. The molecule has 6 heteroatoms. The van der Waals surface area contributed by atoms with Crippen molar-refractivity contribution in [2.24, 2.45) is 0 Å². The minimum absolute atomic E-state index is 0.0488. The van der Waals surface area contributed by atoms with Gasteiger partial charge in [-0.25, -0.2) is 4.39 Å². The van der Waals surface area contributed by atoms with Crippen LogP contribution in [-0.2, 0) is 13.0 Å². The molecule has 0 spiro atoms. The van der Waals surface area contributed by atoms with E-state index in [1.165, 1.54) is 19.1 Å². The molecular weight excluding hydrogens is 333 g/mol. The lowest BCUT2D eigenvalue weighted by molar-refractivity contribution is 0.0962. The van der Waals surface area contributed by atoms with Crippen LogP contribution in [0.1, 0.15) is 46.0 Å². The van der Waals surface area contributed by atoms with E-state index in [2.05, 4.69) is 10.1 Å². The molecule has 0 fully saturated rings. The molecule has 3 aromatic rings. The number of aromatic amines is 1. The van der Waals surface area contributed by atoms with Gasteiger partial charge in [0.15, 0.2) is 5.78 Å². The lowest BCUT2D eigenvalue weighted by Crippen LogP contribution is -2.13. The average Bonchev–Trinajstić information content (AvgIpc) is 3.19. The Bertz CT molecular complexity index is 968. The van der Waals surface area contributed by atoms with Crippen LogP contribution in [0.25, 0.3) is 11.3 Å². The maximum absolute atomic E-state index is 13.0. The predicted octanol–water partition coefficient (Wildman–Crippen LogP) is 3.97. The van der Waals surface area contributed by atoms with Crippen LogP contribution in [0.5, 0.6) is 0 Å². The highest BCUT2D eigenvalue weighted by molar-refractivity contribution is 6.03. The molecule has 134 valence electrons. The van der Waals surface area contributed by atoms with E-state index in [1.807, 2.05) is 6.92 Å². The number of nitrogens with zero attached hydrogens (tertiary/aromatic N) is 2. The number of rotatable bonds is 6. The number of H-pyrrole nitrogens is 1. The molecular formula is C20H20FN3O2. The summed E-state index contributed by atoms with van der Waals surface area (Å²) in [6, 6.07) is 7.82.